The first kappa shape index (κ1) is 20.3. The molecule has 0 saturated heterocycles. The molecule has 0 saturated carbocycles. The number of esters is 1. The Balaban J connectivity index is -0.000000305. The van der Waals surface area contributed by atoms with E-state index in [0.29, 0.717) is 5.75 Å². The molecule has 82 valence electrons. The average Bonchev–Trinajstić information content (AvgIpc) is 2.27. The number of hydrogen-bond acceptors (Lipinski definition) is 4. The van der Waals surface area contributed by atoms with Gasteiger partial charge < -0.3 is 14.6 Å². The number of ether oxygens (including phenoxy) is 1. The summed E-state index contributed by atoms with van der Waals surface area (Å²) in [7, 11) is 0. The molecule has 0 aliphatic carbocycles. The minimum absolute atomic E-state index is 0. The second kappa shape index (κ2) is 13.9. The molecule has 0 aliphatic heterocycles. The molecular weight excluding hydrogens is 219 g/mol. The molecule has 16 heavy (non-hydrogen) atoms. The van der Waals surface area contributed by atoms with Crippen LogP contribution in [0, 0.1) is 0 Å². The number of benzene rings is 1. The predicted octanol–water partition coefficient (Wildman–Crippen LogP) is -1.69. The van der Waals surface area contributed by atoms with Gasteiger partial charge in [-0.3, -0.25) is 4.79 Å². The van der Waals surface area contributed by atoms with Crippen LogP contribution in [0.1, 0.15) is 6.92 Å². The number of carbonyl (C=O) groups excluding carboxylic acids is 2. The predicted molar refractivity (Wildman–Crippen MR) is 55.6 cm³/mol. The van der Waals surface area contributed by atoms with Crippen LogP contribution < -0.4 is 39.4 Å². The van der Waals surface area contributed by atoms with E-state index in [2.05, 4.69) is 13.2 Å². The maximum Gasteiger partial charge on any atom is 1.00 e. The summed E-state index contributed by atoms with van der Waals surface area (Å²) in [5.41, 5.74) is 0. The fourth-order valence-corrected chi connectivity index (χ4v) is 0.674. The zero-order valence-corrected chi connectivity index (χ0v) is 11.6. The SMILES string of the molecule is C=C.C=O.CC(=O)Oc1ccc([O-])cc1.[Na+]. The summed E-state index contributed by atoms with van der Waals surface area (Å²) >= 11 is 0. The van der Waals surface area contributed by atoms with E-state index in [-0.39, 0.29) is 41.3 Å². The Kier molecular flexibility index (Phi) is 17.7. The number of carbonyl (C=O) groups is 2. The van der Waals surface area contributed by atoms with E-state index in [4.69, 9.17) is 9.53 Å². The Morgan fingerprint density at radius 3 is 1.88 bits per heavy atom. The molecule has 0 fully saturated rings. The minimum Gasteiger partial charge on any atom is -0.872 e. The van der Waals surface area contributed by atoms with Gasteiger partial charge in [-0.05, 0) is 12.1 Å². The monoisotopic (exact) mass is 232 g/mol. The van der Waals surface area contributed by atoms with Crippen LogP contribution in [-0.4, -0.2) is 12.8 Å². The third-order valence-electron chi connectivity index (χ3n) is 1.09. The zero-order chi connectivity index (χ0) is 12.3. The molecule has 1 aromatic rings. The third-order valence-corrected chi connectivity index (χ3v) is 1.09. The fourth-order valence-electron chi connectivity index (χ4n) is 0.674. The van der Waals surface area contributed by atoms with E-state index in [1.54, 1.807) is 0 Å². The molecule has 0 aliphatic rings. The van der Waals surface area contributed by atoms with Crippen LogP contribution in [0.4, 0.5) is 0 Å². The van der Waals surface area contributed by atoms with Gasteiger partial charge >= 0.3 is 35.5 Å². The summed E-state index contributed by atoms with van der Waals surface area (Å²) < 4.78 is 4.69. The smallest absolute Gasteiger partial charge is 0.872 e. The molecule has 4 nitrogen and oxygen atoms in total. The van der Waals surface area contributed by atoms with Crippen LogP contribution in [0.5, 0.6) is 11.5 Å². The van der Waals surface area contributed by atoms with Crippen molar-refractivity contribution < 1.29 is 49.0 Å². The van der Waals surface area contributed by atoms with Crippen LogP contribution in [-0.2, 0) is 9.59 Å². The van der Waals surface area contributed by atoms with E-state index in [9.17, 15) is 9.90 Å². The van der Waals surface area contributed by atoms with Gasteiger partial charge in [-0.25, -0.2) is 0 Å². The first-order valence-electron chi connectivity index (χ1n) is 3.93. The van der Waals surface area contributed by atoms with Crippen molar-refractivity contribution >= 4 is 12.8 Å². The molecular formula is C11H13NaO4. The molecule has 1 aromatic carbocycles. The maximum atomic E-state index is 10.6. The first-order valence-corrected chi connectivity index (χ1v) is 3.93. The molecule has 5 heteroatoms. The van der Waals surface area contributed by atoms with Crippen LogP contribution in [0.3, 0.4) is 0 Å². The van der Waals surface area contributed by atoms with Crippen molar-refractivity contribution in [3.63, 3.8) is 0 Å². The van der Waals surface area contributed by atoms with E-state index in [0.717, 1.165) is 0 Å². The molecule has 1 rings (SSSR count). The van der Waals surface area contributed by atoms with Crippen molar-refractivity contribution in [1.29, 1.82) is 0 Å². The van der Waals surface area contributed by atoms with Crippen molar-refractivity contribution in [2.75, 3.05) is 0 Å². The number of rotatable bonds is 1. The molecule has 0 unspecified atom stereocenters. The molecule has 0 heterocycles. The van der Waals surface area contributed by atoms with Gasteiger partial charge in [-0.15, -0.1) is 18.9 Å². The molecule has 0 bridgehead atoms. The average molecular weight is 232 g/mol. The second-order valence-electron chi connectivity index (χ2n) is 2.07. The van der Waals surface area contributed by atoms with E-state index < -0.39 is 0 Å². The van der Waals surface area contributed by atoms with Gasteiger partial charge in [0.25, 0.3) is 0 Å². The standard InChI is InChI=1S/C8H8O3.C2H4.CH2O.Na/c1-6(9)11-8-4-2-7(10)3-5-8;2*1-2;/h2-5,10H,1H3;1-2H2;1H2;/q;;;+1/p-1. The Bertz CT molecular complexity index is 283. The van der Waals surface area contributed by atoms with Crippen molar-refractivity contribution in [3.05, 3.63) is 37.4 Å². The van der Waals surface area contributed by atoms with Crippen molar-refractivity contribution in [2.45, 2.75) is 6.92 Å². The van der Waals surface area contributed by atoms with Crippen molar-refractivity contribution in [1.82, 2.24) is 0 Å². The summed E-state index contributed by atoms with van der Waals surface area (Å²) in [5, 5.41) is 10.6. The van der Waals surface area contributed by atoms with Gasteiger partial charge in [0.2, 0.25) is 0 Å². The quantitative estimate of drug-likeness (QED) is 0.251. The van der Waals surface area contributed by atoms with Gasteiger partial charge in [0.05, 0.1) is 0 Å². The maximum absolute atomic E-state index is 10.6. The van der Waals surface area contributed by atoms with Gasteiger partial charge in [0, 0.05) is 6.92 Å². The van der Waals surface area contributed by atoms with Gasteiger partial charge in [-0.2, -0.15) is 0 Å². The van der Waals surface area contributed by atoms with E-state index >= 15 is 0 Å². The summed E-state index contributed by atoms with van der Waals surface area (Å²) in [6, 6.07) is 5.62. The third kappa shape index (κ3) is 11.0. The van der Waals surface area contributed by atoms with Crippen LogP contribution >= 0.6 is 0 Å². The van der Waals surface area contributed by atoms with Gasteiger partial charge in [0.15, 0.2) is 0 Å². The second-order valence-corrected chi connectivity index (χ2v) is 2.07. The van der Waals surface area contributed by atoms with Gasteiger partial charge in [-0.1, -0.05) is 12.1 Å². The Hall–Kier alpha value is -1.10. The van der Waals surface area contributed by atoms with Crippen LogP contribution in [0.15, 0.2) is 37.4 Å². The van der Waals surface area contributed by atoms with Gasteiger partial charge in [0.1, 0.15) is 12.5 Å². The summed E-state index contributed by atoms with van der Waals surface area (Å²) in [6.45, 7) is 9.31. The van der Waals surface area contributed by atoms with Crippen molar-refractivity contribution in [3.8, 4) is 11.5 Å². The number of hydrogen-bond donors (Lipinski definition) is 0. The van der Waals surface area contributed by atoms with E-state index in [1.165, 1.54) is 31.2 Å². The molecule has 0 aromatic heterocycles. The van der Waals surface area contributed by atoms with Crippen LogP contribution in [0.2, 0.25) is 0 Å². The van der Waals surface area contributed by atoms with Crippen molar-refractivity contribution in [2.24, 2.45) is 0 Å². The zero-order valence-electron chi connectivity index (χ0n) is 9.56. The minimum atomic E-state index is -0.386. The summed E-state index contributed by atoms with van der Waals surface area (Å²) in [5.74, 6) is -0.0818. The first-order chi connectivity index (χ1) is 7.18. The Labute approximate surface area is 117 Å². The topological polar surface area (TPSA) is 66.4 Å². The molecule has 0 spiro atoms. The van der Waals surface area contributed by atoms with Crippen LogP contribution in [0.25, 0.3) is 0 Å². The Morgan fingerprint density at radius 2 is 1.56 bits per heavy atom. The molecule has 0 atom stereocenters. The Morgan fingerprint density at radius 1 is 1.19 bits per heavy atom. The normalized spacial score (nSPS) is 6.81. The van der Waals surface area contributed by atoms with E-state index in [1.807, 2.05) is 6.79 Å². The molecule has 0 radical (unpaired) electrons. The largest absolute Gasteiger partial charge is 1.00 e. The molecule has 0 N–H and O–H groups in total. The summed E-state index contributed by atoms with van der Waals surface area (Å²) in [4.78, 5) is 18.4. The fraction of sp³-hybridized carbons (Fsp3) is 0.0909. The molecule has 0 amide bonds. The summed E-state index contributed by atoms with van der Waals surface area (Å²) in [6.07, 6.45) is 0.